The molecular weight excluding hydrogens is 369 g/mol. The van der Waals surface area contributed by atoms with Crippen LogP contribution >= 0.6 is 23.2 Å². The van der Waals surface area contributed by atoms with E-state index in [4.69, 9.17) is 27.9 Å². The Hall–Kier alpha value is -2.49. The first kappa shape index (κ1) is 18.3. The highest BCUT2D eigenvalue weighted by Gasteiger charge is 2.17. The zero-order valence-electron chi connectivity index (χ0n) is 14.1. The third kappa shape index (κ3) is 4.37. The van der Waals surface area contributed by atoms with Crippen LogP contribution in [-0.4, -0.2) is 5.91 Å². The summed E-state index contributed by atoms with van der Waals surface area (Å²) < 4.78 is 5.85. The molecule has 1 amide bonds. The Labute approximate surface area is 162 Å². The van der Waals surface area contributed by atoms with Gasteiger partial charge in [-0.3, -0.25) is 4.79 Å². The molecule has 1 N–H and O–H groups in total. The largest absolute Gasteiger partial charge is 0.457 e. The fraction of sp³-hybridized carbons (Fsp3) is 0.0952. The highest BCUT2D eigenvalue weighted by Crippen LogP contribution is 2.28. The Balaban J connectivity index is 1.79. The Kier molecular flexibility index (Phi) is 5.82. The van der Waals surface area contributed by atoms with Crippen molar-refractivity contribution in [2.24, 2.45) is 0 Å². The molecule has 0 saturated carbocycles. The van der Waals surface area contributed by atoms with Crippen molar-refractivity contribution in [3.05, 3.63) is 94.0 Å². The summed E-state index contributed by atoms with van der Waals surface area (Å²) in [5, 5.41) is 4.02. The van der Waals surface area contributed by atoms with Crippen LogP contribution in [-0.2, 0) is 0 Å². The molecule has 1 atom stereocenters. The zero-order chi connectivity index (χ0) is 18.5. The summed E-state index contributed by atoms with van der Waals surface area (Å²) in [6.07, 6.45) is 0. The fourth-order valence-corrected chi connectivity index (χ4v) is 3.14. The third-order valence-corrected chi connectivity index (χ3v) is 4.44. The smallest absolute Gasteiger partial charge is 0.255 e. The molecule has 26 heavy (non-hydrogen) atoms. The van der Waals surface area contributed by atoms with E-state index in [-0.39, 0.29) is 11.9 Å². The van der Waals surface area contributed by atoms with Crippen molar-refractivity contribution in [3.8, 4) is 11.5 Å². The lowest BCUT2D eigenvalue weighted by atomic mass is 10.1. The highest BCUT2D eigenvalue weighted by molar-refractivity contribution is 6.35. The van der Waals surface area contributed by atoms with E-state index >= 15 is 0 Å². The average molecular weight is 386 g/mol. The number of hydrogen-bond donors (Lipinski definition) is 1. The summed E-state index contributed by atoms with van der Waals surface area (Å²) in [5.41, 5.74) is 1.25. The summed E-state index contributed by atoms with van der Waals surface area (Å²) in [7, 11) is 0. The summed E-state index contributed by atoms with van der Waals surface area (Å²) in [4.78, 5) is 12.8. The van der Waals surface area contributed by atoms with E-state index in [0.29, 0.717) is 27.1 Å². The first-order valence-corrected chi connectivity index (χ1v) is 8.88. The first-order valence-electron chi connectivity index (χ1n) is 8.12. The normalized spacial score (nSPS) is 11.7. The second-order valence-electron chi connectivity index (χ2n) is 5.77. The van der Waals surface area contributed by atoms with Crippen molar-refractivity contribution in [1.29, 1.82) is 0 Å². The Morgan fingerprint density at radius 3 is 2.38 bits per heavy atom. The zero-order valence-corrected chi connectivity index (χ0v) is 15.6. The molecule has 0 radical (unpaired) electrons. The molecule has 0 fully saturated rings. The van der Waals surface area contributed by atoms with Crippen molar-refractivity contribution in [1.82, 2.24) is 5.32 Å². The molecule has 0 unspecified atom stereocenters. The predicted molar refractivity (Wildman–Crippen MR) is 105 cm³/mol. The number of carbonyl (C=O) groups excluding carboxylic acids is 1. The summed E-state index contributed by atoms with van der Waals surface area (Å²) in [6, 6.07) is 21.4. The number of benzene rings is 3. The predicted octanol–water partition coefficient (Wildman–Crippen LogP) is 6.28. The maximum Gasteiger partial charge on any atom is 0.255 e. The van der Waals surface area contributed by atoms with Gasteiger partial charge in [0.15, 0.2) is 0 Å². The lowest BCUT2D eigenvalue weighted by Crippen LogP contribution is -2.27. The minimum absolute atomic E-state index is 0.241. The van der Waals surface area contributed by atoms with Gasteiger partial charge >= 0.3 is 0 Å². The summed E-state index contributed by atoms with van der Waals surface area (Å²) >= 11 is 12.2. The van der Waals surface area contributed by atoms with Gasteiger partial charge < -0.3 is 10.1 Å². The van der Waals surface area contributed by atoms with E-state index in [2.05, 4.69) is 5.32 Å². The number of halogens is 2. The number of ether oxygens (including phenoxy) is 1. The molecule has 0 bridgehead atoms. The Bertz CT molecular complexity index is 913. The number of amides is 1. The molecule has 3 aromatic carbocycles. The van der Waals surface area contributed by atoms with Crippen LogP contribution in [0.15, 0.2) is 72.8 Å². The van der Waals surface area contributed by atoms with Gasteiger partial charge in [0.05, 0.1) is 11.6 Å². The van der Waals surface area contributed by atoms with Gasteiger partial charge in [0.2, 0.25) is 0 Å². The maximum absolute atomic E-state index is 12.8. The summed E-state index contributed by atoms with van der Waals surface area (Å²) in [5.74, 6) is 0.919. The van der Waals surface area contributed by atoms with Gasteiger partial charge in [-0.1, -0.05) is 59.6 Å². The van der Waals surface area contributed by atoms with E-state index in [1.54, 1.807) is 30.3 Å². The molecule has 0 aliphatic rings. The van der Waals surface area contributed by atoms with Gasteiger partial charge in [0.1, 0.15) is 11.5 Å². The monoisotopic (exact) mass is 385 g/mol. The fourth-order valence-electron chi connectivity index (χ4n) is 2.56. The van der Waals surface area contributed by atoms with Crippen molar-refractivity contribution in [2.75, 3.05) is 0 Å². The van der Waals surface area contributed by atoms with Gasteiger partial charge in [-0.05, 0) is 48.9 Å². The second-order valence-corrected chi connectivity index (χ2v) is 6.62. The average Bonchev–Trinajstić information content (AvgIpc) is 2.62. The molecule has 3 nitrogen and oxygen atoms in total. The minimum Gasteiger partial charge on any atom is -0.457 e. The Morgan fingerprint density at radius 2 is 1.65 bits per heavy atom. The van der Waals surface area contributed by atoms with Crippen LogP contribution in [0, 0.1) is 0 Å². The lowest BCUT2D eigenvalue weighted by molar-refractivity contribution is 0.0937. The first-order chi connectivity index (χ1) is 12.5. The van der Waals surface area contributed by atoms with Crippen molar-refractivity contribution in [3.63, 3.8) is 0 Å². The van der Waals surface area contributed by atoms with E-state index in [1.165, 1.54) is 0 Å². The van der Waals surface area contributed by atoms with Crippen LogP contribution in [0.5, 0.6) is 11.5 Å². The highest BCUT2D eigenvalue weighted by atomic mass is 35.5. The number of rotatable bonds is 5. The Morgan fingerprint density at radius 1 is 0.962 bits per heavy atom. The maximum atomic E-state index is 12.8. The lowest BCUT2D eigenvalue weighted by Gasteiger charge is -2.17. The van der Waals surface area contributed by atoms with Crippen LogP contribution in [0.4, 0.5) is 0 Å². The number of hydrogen-bond acceptors (Lipinski definition) is 2. The molecule has 3 aromatic rings. The topological polar surface area (TPSA) is 38.3 Å². The SMILES string of the molecule is C[C@@H](NC(=O)c1ccccc1Oc1ccccc1)c1ccc(Cl)cc1Cl. The molecule has 5 heteroatoms. The van der Waals surface area contributed by atoms with E-state index in [1.807, 2.05) is 49.4 Å². The quantitative estimate of drug-likeness (QED) is 0.561. The number of para-hydroxylation sites is 2. The molecule has 0 aliphatic carbocycles. The van der Waals surface area contributed by atoms with Crippen LogP contribution in [0.3, 0.4) is 0 Å². The van der Waals surface area contributed by atoms with Gasteiger partial charge in [0, 0.05) is 10.0 Å². The molecule has 0 saturated heterocycles. The van der Waals surface area contributed by atoms with E-state index in [9.17, 15) is 4.79 Å². The van der Waals surface area contributed by atoms with E-state index < -0.39 is 0 Å². The van der Waals surface area contributed by atoms with Gasteiger partial charge in [-0.2, -0.15) is 0 Å². The van der Waals surface area contributed by atoms with Gasteiger partial charge in [-0.15, -0.1) is 0 Å². The van der Waals surface area contributed by atoms with Crippen LogP contribution in [0.1, 0.15) is 28.9 Å². The number of carbonyl (C=O) groups is 1. The van der Waals surface area contributed by atoms with E-state index in [0.717, 1.165) is 5.56 Å². The molecule has 0 aliphatic heterocycles. The summed E-state index contributed by atoms with van der Waals surface area (Å²) in [6.45, 7) is 1.87. The molecule has 0 aromatic heterocycles. The van der Waals surface area contributed by atoms with Crippen LogP contribution in [0.2, 0.25) is 10.0 Å². The van der Waals surface area contributed by atoms with Gasteiger partial charge in [-0.25, -0.2) is 0 Å². The molecule has 0 spiro atoms. The molecule has 3 rings (SSSR count). The number of nitrogens with one attached hydrogen (secondary N) is 1. The van der Waals surface area contributed by atoms with Crippen molar-refractivity contribution >= 4 is 29.1 Å². The molecule has 132 valence electrons. The van der Waals surface area contributed by atoms with Crippen LogP contribution in [0.25, 0.3) is 0 Å². The molecule has 0 heterocycles. The minimum atomic E-state index is -0.281. The molecular formula is C21H17Cl2NO2. The van der Waals surface area contributed by atoms with Crippen LogP contribution < -0.4 is 10.1 Å². The van der Waals surface area contributed by atoms with Crippen molar-refractivity contribution < 1.29 is 9.53 Å². The third-order valence-electron chi connectivity index (χ3n) is 3.88. The van der Waals surface area contributed by atoms with Gasteiger partial charge in [0.25, 0.3) is 5.91 Å². The second kappa shape index (κ2) is 8.26. The standard InChI is InChI=1S/C21H17Cl2NO2/c1-14(17-12-11-15(22)13-19(17)23)24-21(25)18-9-5-6-10-20(18)26-16-7-3-2-4-8-16/h2-14H,1H3,(H,24,25)/t14-/m1/s1. The van der Waals surface area contributed by atoms with Crippen molar-refractivity contribution in [2.45, 2.75) is 13.0 Å².